The molecule has 1 aromatic heterocycles. The van der Waals surface area contributed by atoms with E-state index in [1.807, 2.05) is 12.1 Å². The van der Waals surface area contributed by atoms with Gasteiger partial charge in [-0.1, -0.05) is 0 Å². The Kier molecular flexibility index (Phi) is 5.69. The SMILES string of the molecule is CN(CCCNC1CC1)S(=O)(=O)N(C)Cc1ccncc1. The van der Waals surface area contributed by atoms with Gasteiger partial charge in [0.05, 0.1) is 0 Å². The van der Waals surface area contributed by atoms with E-state index in [2.05, 4.69) is 10.3 Å². The highest BCUT2D eigenvalue weighted by molar-refractivity contribution is 7.86. The molecule has 0 atom stereocenters. The first kappa shape index (κ1) is 16.4. The molecule has 0 amide bonds. The Bertz CT molecular complexity index is 531. The van der Waals surface area contributed by atoms with Gasteiger partial charge in [0.1, 0.15) is 0 Å². The smallest absolute Gasteiger partial charge is 0.281 e. The molecule has 6 nitrogen and oxygen atoms in total. The van der Waals surface area contributed by atoms with E-state index in [1.54, 1.807) is 26.5 Å². The van der Waals surface area contributed by atoms with Crippen molar-refractivity contribution in [1.29, 1.82) is 0 Å². The Hall–Kier alpha value is -1.02. The average Bonchev–Trinajstić information content (AvgIpc) is 3.28. The third-order valence-corrected chi connectivity index (χ3v) is 5.49. The molecule has 0 saturated heterocycles. The summed E-state index contributed by atoms with van der Waals surface area (Å²) in [6.45, 7) is 1.76. The molecule has 1 N–H and O–H groups in total. The van der Waals surface area contributed by atoms with Crippen LogP contribution in [-0.4, -0.2) is 55.2 Å². The van der Waals surface area contributed by atoms with E-state index in [4.69, 9.17) is 0 Å². The van der Waals surface area contributed by atoms with Crippen molar-refractivity contribution in [3.63, 3.8) is 0 Å². The van der Waals surface area contributed by atoms with Crippen LogP contribution < -0.4 is 5.32 Å². The van der Waals surface area contributed by atoms with Crippen molar-refractivity contribution in [2.24, 2.45) is 0 Å². The van der Waals surface area contributed by atoms with Crippen molar-refractivity contribution in [2.45, 2.75) is 31.8 Å². The lowest BCUT2D eigenvalue weighted by Crippen LogP contribution is -2.40. The molecule has 1 fully saturated rings. The summed E-state index contributed by atoms with van der Waals surface area (Å²) in [6.07, 6.45) is 6.67. The predicted molar refractivity (Wildman–Crippen MR) is 82.9 cm³/mol. The van der Waals surface area contributed by atoms with E-state index in [0.717, 1.165) is 18.5 Å². The second-order valence-corrected chi connectivity index (χ2v) is 7.67. The molecule has 7 heteroatoms. The van der Waals surface area contributed by atoms with Crippen LogP contribution in [0.15, 0.2) is 24.5 Å². The fourth-order valence-electron chi connectivity index (χ4n) is 2.08. The van der Waals surface area contributed by atoms with Gasteiger partial charge in [0.25, 0.3) is 10.2 Å². The number of pyridine rings is 1. The predicted octanol–water partition coefficient (Wildman–Crippen LogP) is 0.832. The summed E-state index contributed by atoms with van der Waals surface area (Å²) in [4.78, 5) is 3.93. The van der Waals surface area contributed by atoms with Gasteiger partial charge in [-0.3, -0.25) is 4.98 Å². The lowest BCUT2D eigenvalue weighted by atomic mass is 10.3. The number of nitrogens with one attached hydrogen (secondary N) is 1. The van der Waals surface area contributed by atoms with Crippen molar-refractivity contribution in [3.05, 3.63) is 30.1 Å². The lowest BCUT2D eigenvalue weighted by molar-refractivity contribution is 0.384. The molecule has 1 saturated carbocycles. The van der Waals surface area contributed by atoms with Gasteiger partial charge in [0.15, 0.2) is 0 Å². The van der Waals surface area contributed by atoms with Crippen molar-refractivity contribution in [2.75, 3.05) is 27.2 Å². The van der Waals surface area contributed by atoms with Crippen LogP contribution in [0.5, 0.6) is 0 Å². The Labute approximate surface area is 127 Å². The molecular formula is C14H24N4O2S. The Morgan fingerprint density at radius 3 is 2.52 bits per heavy atom. The third-order valence-electron chi connectivity index (χ3n) is 3.60. The highest BCUT2D eigenvalue weighted by Crippen LogP contribution is 2.18. The standard InChI is InChI=1S/C14H24N4O2S/c1-17(11-3-8-16-14-4-5-14)21(19,20)18(2)12-13-6-9-15-10-7-13/h6-7,9-10,14,16H,3-5,8,11-12H2,1-2H3. The van der Waals surface area contributed by atoms with E-state index >= 15 is 0 Å². The van der Waals surface area contributed by atoms with Crippen LogP contribution in [0.25, 0.3) is 0 Å². The van der Waals surface area contributed by atoms with Gasteiger partial charge >= 0.3 is 0 Å². The summed E-state index contributed by atoms with van der Waals surface area (Å²) in [5.74, 6) is 0. The van der Waals surface area contributed by atoms with Crippen LogP contribution in [0.3, 0.4) is 0 Å². The number of nitrogens with zero attached hydrogens (tertiary/aromatic N) is 3. The van der Waals surface area contributed by atoms with E-state index in [1.165, 1.54) is 21.5 Å². The monoisotopic (exact) mass is 312 g/mol. The number of hydrogen-bond donors (Lipinski definition) is 1. The molecule has 1 aliphatic carbocycles. The van der Waals surface area contributed by atoms with E-state index in [0.29, 0.717) is 19.1 Å². The van der Waals surface area contributed by atoms with E-state index in [-0.39, 0.29) is 0 Å². The van der Waals surface area contributed by atoms with Crippen LogP contribution in [0.4, 0.5) is 0 Å². The molecule has 118 valence electrons. The average molecular weight is 312 g/mol. The summed E-state index contributed by atoms with van der Waals surface area (Å²) >= 11 is 0. The molecule has 1 aliphatic rings. The second-order valence-electron chi connectivity index (χ2n) is 5.52. The van der Waals surface area contributed by atoms with Crippen LogP contribution in [0, 0.1) is 0 Å². The van der Waals surface area contributed by atoms with Gasteiger partial charge in [0, 0.05) is 45.6 Å². The first-order valence-electron chi connectivity index (χ1n) is 7.30. The first-order chi connectivity index (χ1) is 10.00. The summed E-state index contributed by atoms with van der Waals surface area (Å²) in [7, 11) is -0.163. The molecular weight excluding hydrogens is 288 g/mol. The quantitative estimate of drug-likeness (QED) is 0.686. The maximum absolute atomic E-state index is 12.4. The molecule has 21 heavy (non-hydrogen) atoms. The Morgan fingerprint density at radius 1 is 1.24 bits per heavy atom. The summed E-state index contributed by atoms with van der Waals surface area (Å²) in [5.41, 5.74) is 0.930. The highest BCUT2D eigenvalue weighted by Gasteiger charge is 2.24. The Balaban J connectivity index is 1.80. The minimum atomic E-state index is -3.40. The first-order valence-corrected chi connectivity index (χ1v) is 8.70. The molecule has 0 radical (unpaired) electrons. The number of rotatable bonds is 9. The van der Waals surface area contributed by atoms with Crippen molar-refractivity contribution in [3.8, 4) is 0 Å². The lowest BCUT2D eigenvalue weighted by Gasteiger charge is -2.24. The van der Waals surface area contributed by atoms with Crippen LogP contribution in [0.2, 0.25) is 0 Å². The molecule has 1 heterocycles. The largest absolute Gasteiger partial charge is 0.314 e. The zero-order valence-electron chi connectivity index (χ0n) is 12.7. The van der Waals surface area contributed by atoms with Gasteiger partial charge in [-0.15, -0.1) is 0 Å². The zero-order valence-corrected chi connectivity index (χ0v) is 13.5. The van der Waals surface area contributed by atoms with E-state index in [9.17, 15) is 8.42 Å². The molecule has 0 spiro atoms. The zero-order chi connectivity index (χ0) is 15.3. The third kappa shape index (κ3) is 5.03. The molecule has 0 aromatic carbocycles. The van der Waals surface area contributed by atoms with Gasteiger partial charge in [-0.25, -0.2) is 0 Å². The maximum Gasteiger partial charge on any atom is 0.281 e. The van der Waals surface area contributed by atoms with Crippen molar-refractivity contribution < 1.29 is 8.42 Å². The number of hydrogen-bond acceptors (Lipinski definition) is 4. The topological polar surface area (TPSA) is 65.5 Å². The minimum Gasteiger partial charge on any atom is -0.314 e. The van der Waals surface area contributed by atoms with Crippen LogP contribution >= 0.6 is 0 Å². The molecule has 0 bridgehead atoms. The Morgan fingerprint density at radius 2 is 1.90 bits per heavy atom. The van der Waals surface area contributed by atoms with Crippen molar-refractivity contribution in [1.82, 2.24) is 18.9 Å². The summed E-state index contributed by atoms with van der Waals surface area (Å²) in [6, 6.07) is 4.32. The molecule has 0 aliphatic heterocycles. The second kappa shape index (κ2) is 7.31. The summed E-state index contributed by atoms with van der Waals surface area (Å²) in [5, 5.41) is 3.39. The maximum atomic E-state index is 12.4. The number of aromatic nitrogens is 1. The van der Waals surface area contributed by atoms with Crippen LogP contribution in [0.1, 0.15) is 24.8 Å². The normalized spacial score (nSPS) is 15.8. The highest BCUT2D eigenvalue weighted by atomic mass is 32.2. The fourth-order valence-corrected chi connectivity index (χ4v) is 3.22. The van der Waals surface area contributed by atoms with Gasteiger partial charge in [-0.05, 0) is 43.5 Å². The minimum absolute atomic E-state index is 0.357. The van der Waals surface area contributed by atoms with Gasteiger partial charge in [0.2, 0.25) is 0 Å². The molecule has 2 rings (SSSR count). The molecule has 0 unspecified atom stereocenters. The summed E-state index contributed by atoms with van der Waals surface area (Å²) < 4.78 is 27.6. The van der Waals surface area contributed by atoms with Crippen molar-refractivity contribution >= 4 is 10.2 Å². The van der Waals surface area contributed by atoms with Gasteiger partial charge < -0.3 is 5.32 Å². The van der Waals surface area contributed by atoms with Crippen LogP contribution in [-0.2, 0) is 16.8 Å². The fraction of sp³-hybridized carbons (Fsp3) is 0.643. The van der Waals surface area contributed by atoms with E-state index < -0.39 is 10.2 Å². The molecule has 1 aromatic rings. The van der Waals surface area contributed by atoms with Gasteiger partial charge in [-0.2, -0.15) is 17.0 Å².